The Balaban J connectivity index is 1.42. The van der Waals surface area contributed by atoms with E-state index < -0.39 is 11.1 Å². The number of carbonyl (C=O) groups excluding carboxylic acids is 3. The minimum absolute atomic E-state index is 0.174. The summed E-state index contributed by atoms with van der Waals surface area (Å²) < 4.78 is 5.83. The van der Waals surface area contributed by atoms with Gasteiger partial charge in [-0.05, 0) is 53.9 Å². The van der Waals surface area contributed by atoms with Crippen LogP contribution in [0.2, 0.25) is 0 Å². The average molecular weight is 423 g/mol. The number of benzene rings is 2. The average Bonchev–Trinajstić information content (AvgIpc) is 3.38. The van der Waals surface area contributed by atoms with Crippen molar-refractivity contribution in [3.63, 3.8) is 0 Å². The maximum atomic E-state index is 12.7. The molecular weight excluding hydrogens is 400 g/mol. The molecule has 30 heavy (non-hydrogen) atoms. The summed E-state index contributed by atoms with van der Waals surface area (Å²) in [6.45, 7) is 1.64. The van der Waals surface area contributed by atoms with Crippen LogP contribution in [-0.2, 0) is 16.2 Å². The van der Waals surface area contributed by atoms with Gasteiger partial charge in [0.25, 0.3) is 11.1 Å². The SMILES string of the molecule is O=C(CN1C(=O)S/C(=C/c2cccc(OCc3ccccc3)c2)C1=O)N1CCCC1. The lowest BCUT2D eigenvalue weighted by Gasteiger charge is -2.18. The van der Waals surface area contributed by atoms with E-state index in [1.807, 2.05) is 54.6 Å². The van der Waals surface area contributed by atoms with Gasteiger partial charge in [0.2, 0.25) is 5.91 Å². The van der Waals surface area contributed by atoms with E-state index in [2.05, 4.69) is 0 Å². The van der Waals surface area contributed by atoms with Crippen LogP contribution < -0.4 is 4.74 Å². The first-order chi connectivity index (χ1) is 14.6. The molecule has 0 unspecified atom stereocenters. The van der Waals surface area contributed by atoms with E-state index in [4.69, 9.17) is 4.74 Å². The van der Waals surface area contributed by atoms with Gasteiger partial charge >= 0.3 is 0 Å². The largest absolute Gasteiger partial charge is 0.489 e. The molecule has 0 aliphatic carbocycles. The Morgan fingerprint density at radius 1 is 1.03 bits per heavy atom. The van der Waals surface area contributed by atoms with Crippen LogP contribution in [0.25, 0.3) is 6.08 Å². The molecule has 7 heteroatoms. The first-order valence-corrected chi connectivity index (χ1v) is 10.7. The van der Waals surface area contributed by atoms with Gasteiger partial charge in [-0.2, -0.15) is 0 Å². The molecule has 0 radical (unpaired) electrons. The van der Waals surface area contributed by atoms with E-state index in [0.717, 1.165) is 40.6 Å². The summed E-state index contributed by atoms with van der Waals surface area (Å²) in [5.41, 5.74) is 1.82. The Hall–Kier alpha value is -3.06. The fraction of sp³-hybridized carbons (Fsp3) is 0.261. The molecule has 0 atom stereocenters. The second-order valence-electron chi connectivity index (χ2n) is 7.20. The molecule has 2 aromatic rings. The van der Waals surface area contributed by atoms with Crippen LogP contribution >= 0.6 is 11.8 Å². The van der Waals surface area contributed by atoms with Crippen molar-refractivity contribution in [1.82, 2.24) is 9.80 Å². The minimum atomic E-state index is -0.423. The predicted octanol–water partition coefficient (Wildman–Crippen LogP) is 3.92. The van der Waals surface area contributed by atoms with Crippen LogP contribution in [0.3, 0.4) is 0 Å². The zero-order valence-electron chi connectivity index (χ0n) is 16.5. The number of imide groups is 1. The first-order valence-electron chi connectivity index (χ1n) is 9.90. The number of rotatable bonds is 6. The van der Waals surface area contributed by atoms with Crippen LogP contribution in [0.15, 0.2) is 59.5 Å². The van der Waals surface area contributed by atoms with Gasteiger partial charge in [-0.25, -0.2) is 0 Å². The third-order valence-corrected chi connectivity index (χ3v) is 5.94. The Bertz CT molecular complexity index is 984. The third kappa shape index (κ3) is 4.74. The molecule has 2 heterocycles. The van der Waals surface area contributed by atoms with Crippen molar-refractivity contribution in [2.24, 2.45) is 0 Å². The highest BCUT2D eigenvalue weighted by molar-refractivity contribution is 8.18. The van der Waals surface area contributed by atoms with E-state index >= 15 is 0 Å². The fourth-order valence-electron chi connectivity index (χ4n) is 3.42. The Labute approximate surface area is 179 Å². The molecule has 0 spiro atoms. The highest BCUT2D eigenvalue weighted by atomic mass is 32.2. The summed E-state index contributed by atoms with van der Waals surface area (Å²) in [5, 5.41) is -0.407. The number of carbonyl (C=O) groups is 3. The summed E-state index contributed by atoms with van der Waals surface area (Å²) >= 11 is 0.864. The summed E-state index contributed by atoms with van der Waals surface area (Å²) in [7, 11) is 0. The van der Waals surface area contributed by atoms with Crippen molar-refractivity contribution >= 4 is 34.9 Å². The molecule has 6 nitrogen and oxygen atoms in total. The summed E-state index contributed by atoms with van der Waals surface area (Å²) in [5.74, 6) is 0.0801. The molecular formula is C23H22N2O4S. The van der Waals surface area contributed by atoms with E-state index in [-0.39, 0.29) is 12.5 Å². The lowest BCUT2D eigenvalue weighted by Crippen LogP contribution is -2.40. The number of ether oxygens (including phenoxy) is 1. The molecule has 3 amide bonds. The van der Waals surface area contributed by atoms with Gasteiger partial charge in [-0.1, -0.05) is 42.5 Å². The molecule has 0 bridgehead atoms. The molecule has 2 aliphatic rings. The second-order valence-corrected chi connectivity index (χ2v) is 8.20. The van der Waals surface area contributed by atoms with Crippen LogP contribution in [0.4, 0.5) is 4.79 Å². The highest BCUT2D eigenvalue weighted by Gasteiger charge is 2.37. The molecule has 2 aliphatic heterocycles. The smallest absolute Gasteiger partial charge is 0.294 e. The molecule has 0 aromatic heterocycles. The van der Waals surface area contributed by atoms with Gasteiger partial charge < -0.3 is 9.64 Å². The number of nitrogens with zero attached hydrogens (tertiary/aromatic N) is 2. The number of likely N-dealkylation sites (tertiary alicyclic amines) is 1. The van der Waals surface area contributed by atoms with E-state index in [1.165, 1.54) is 0 Å². The number of thioether (sulfide) groups is 1. The normalized spacial score (nSPS) is 17.8. The Morgan fingerprint density at radius 2 is 1.80 bits per heavy atom. The van der Waals surface area contributed by atoms with Crippen LogP contribution in [0.1, 0.15) is 24.0 Å². The van der Waals surface area contributed by atoms with Gasteiger partial charge in [0.1, 0.15) is 18.9 Å². The van der Waals surface area contributed by atoms with Gasteiger partial charge in [0, 0.05) is 13.1 Å². The second kappa shape index (κ2) is 9.17. The quantitative estimate of drug-likeness (QED) is 0.660. The summed E-state index contributed by atoms with van der Waals surface area (Å²) in [6.07, 6.45) is 3.60. The Morgan fingerprint density at radius 3 is 2.57 bits per heavy atom. The number of hydrogen-bond donors (Lipinski definition) is 0. The molecule has 4 rings (SSSR count). The van der Waals surface area contributed by atoms with Gasteiger partial charge in [0.05, 0.1) is 4.91 Å². The summed E-state index contributed by atoms with van der Waals surface area (Å²) in [4.78, 5) is 40.4. The van der Waals surface area contributed by atoms with E-state index in [0.29, 0.717) is 30.4 Å². The lowest BCUT2D eigenvalue weighted by atomic mass is 10.2. The van der Waals surface area contributed by atoms with Crippen molar-refractivity contribution in [2.45, 2.75) is 19.4 Å². The molecule has 0 saturated carbocycles. The number of hydrogen-bond acceptors (Lipinski definition) is 5. The van der Waals surface area contributed by atoms with Crippen molar-refractivity contribution < 1.29 is 19.1 Å². The van der Waals surface area contributed by atoms with Crippen molar-refractivity contribution in [1.29, 1.82) is 0 Å². The first kappa shape index (κ1) is 20.2. The molecule has 2 aromatic carbocycles. The molecule has 0 N–H and O–H groups in total. The summed E-state index contributed by atoms with van der Waals surface area (Å²) in [6, 6.07) is 17.2. The maximum absolute atomic E-state index is 12.7. The van der Waals surface area contributed by atoms with Gasteiger partial charge in [-0.3, -0.25) is 19.3 Å². The molecule has 2 fully saturated rings. The third-order valence-electron chi connectivity index (χ3n) is 5.03. The fourth-order valence-corrected chi connectivity index (χ4v) is 4.26. The van der Waals surface area contributed by atoms with E-state index in [9.17, 15) is 14.4 Å². The van der Waals surface area contributed by atoms with Gasteiger partial charge in [-0.15, -0.1) is 0 Å². The van der Waals surface area contributed by atoms with Crippen LogP contribution in [0, 0.1) is 0 Å². The topological polar surface area (TPSA) is 66.9 Å². The standard InChI is InChI=1S/C23H22N2O4S/c26-21(24-11-4-5-12-24)15-25-22(27)20(30-23(25)28)14-18-9-6-10-19(13-18)29-16-17-7-2-1-3-8-17/h1-3,6-10,13-14H,4-5,11-12,15-16H2/b20-14+. The maximum Gasteiger partial charge on any atom is 0.294 e. The highest BCUT2D eigenvalue weighted by Crippen LogP contribution is 2.32. The number of amides is 3. The predicted molar refractivity (Wildman–Crippen MR) is 116 cm³/mol. The molecule has 2 saturated heterocycles. The van der Waals surface area contributed by atoms with Crippen LogP contribution in [0.5, 0.6) is 5.75 Å². The Kier molecular flexibility index (Phi) is 6.18. The van der Waals surface area contributed by atoms with Crippen LogP contribution in [-0.4, -0.2) is 46.5 Å². The van der Waals surface area contributed by atoms with Crippen molar-refractivity contribution in [3.8, 4) is 5.75 Å². The van der Waals surface area contributed by atoms with E-state index in [1.54, 1.807) is 11.0 Å². The zero-order valence-corrected chi connectivity index (χ0v) is 17.3. The lowest BCUT2D eigenvalue weighted by molar-refractivity contribution is -0.135. The molecule has 154 valence electrons. The minimum Gasteiger partial charge on any atom is -0.489 e. The van der Waals surface area contributed by atoms with Gasteiger partial charge in [0.15, 0.2) is 0 Å². The monoisotopic (exact) mass is 422 g/mol. The van der Waals surface area contributed by atoms with Crippen molar-refractivity contribution in [3.05, 3.63) is 70.6 Å². The zero-order chi connectivity index (χ0) is 20.9. The van der Waals surface area contributed by atoms with Crippen molar-refractivity contribution in [2.75, 3.05) is 19.6 Å².